The highest BCUT2D eigenvalue weighted by atomic mass is 14.5. The summed E-state index contributed by atoms with van der Waals surface area (Å²) in [6.07, 6.45) is 7.22. The van der Waals surface area contributed by atoms with Gasteiger partial charge < -0.3 is 5.73 Å². The first-order valence-corrected chi connectivity index (χ1v) is 6.55. The van der Waals surface area contributed by atoms with E-state index in [0.717, 1.165) is 6.42 Å². The summed E-state index contributed by atoms with van der Waals surface area (Å²) in [6, 6.07) is 0. The maximum Gasteiger partial charge on any atom is 0.0134 e. The second-order valence-corrected chi connectivity index (χ2v) is 4.93. The molecule has 0 heterocycles. The summed E-state index contributed by atoms with van der Waals surface area (Å²) in [5.41, 5.74) is 8.41. The van der Waals surface area contributed by atoms with Crippen molar-refractivity contribution in [1.82, 2.24) is 0 Å². The van der Waals surface area contributed by atoms with E-state index in [1.54, 1.807) is 0 Å². The molecule has 1 nitrogen and oxygen atoms in total. The zero-order valence-corrected chi connectivity index (χ0v) is 11.4. The Bertz CT molecular complexity index is 224. The van der Waals surface area contributed by atoms with E-state index in [4.69, 9.17) is 5.73 Å². The number of nitrogens with two attached hydrogens (primary N) is 1. The smallest absolute Gasteiger partial charge is 0.0134 e. The van der Waals surface area contributed by atoms with Crippen LogP contribution >= 0.6 is 0 Å². The Morgan fingerprint density at radius 3 is 2.06 bits per heavy atom. The van der Waals surface area contributed by atoms with Gasteiger partial charge in [-0.25, -0.2) is 0 Å². The van der Waals surface area contributed by atoms with Crippen LogP contribution < -0.4 is 5.73 Å². The molecule has 0 atom stereocenters. The van der Waals surface area contributed by atoms with Crippen LogP contribution in [0.4, 0.5) is 0 Å². The standard InChI is InChI=1S/C15H29N/c1-6-15(7-2,13(3)4)11-9-8-10-14(5)12-16/h3,5-12,16H2,1-2,4H3. The molecular formula is C15H29N. The number of allylic oxidation sites excluding steroid dienone is 1. The fourth-order valence-corrected chi connectivity index (χ4v) is 2.36. The van der Waals surface area contributed by atoms with Crippen molar-refractivity contribution in [3.05, 3.63) is 24.3 Å². The van der Waals surface area contributed by atoms with Gasteiger partial charge in [-0.1, -0.05) is 44.6 Å². The topological polar surface area (TPSA) is 26.0 Å². The molecule has 0 aromatic heterocycles. The van der Waals surface area contributed by atoms with Crippen molar-refractivity contribution >= 4 is 0 Å². The highest BCUT2D eigenvalue weighted by molar-refractivity contribution is 5.06. The molecule has 0 radical (unpaired) electrons. The Labute approximate surface area is 102 Å². The molecule has 0 saturated heterocycles. The minimum Gasteiger partial charge on any atom is -0.327 e. The van der Waals surface area contributed by atoms with Crippen molar-refractivity contribution in [3.63, 3.8) is 0 Å². The van der Waals surface area contributed by atoms with Gasteiger partial charge in [0.25, 0.3) is 0 Å². The van der Waals surface area contributed by atoms with E-state index in [0.29, 0.717) is 12.0 Å². The van der Waals surface area contributed by atoms with Crippen LogP contribution in [0, 0.1) is 5.41 Å². The molecule has 0 aliphatic rings. The molecule has 1 heteroatoms. The van der Waals surface area contributed by atoms with Gasteiger partial charge in [0.1, 0.15) is 0 Å². The Balaban J connectivity index is 4.04. The molecule has 94 valence electrons. The average Bonchev–Trinajstić information content (AvgIpc) is 2.29. The van der Waals surface area contributed by atoms with Gasteiger partial charge in [0.05, 0.1) is 0 Å². The minimum atomic E-state index is 0.365. The second kappa shape index (κ2) is 7.67. The van der Waals surface area contributed by atoms with Crippen molar-refractivity contribution in [2.75, 3.05) is 6.54 Å². The third-order valence-electron chi connectivity index (χ3n) is 3.98. The van der Waals surface area contributed by atoms with E-state index in [-0.39, 0.29) is 0 Å². The number of hydrogen-bond acceptors (Lipinski definition) is 1. The predicted octanol–water partition coefficient (Wildman–Crippen LogP) is 4.44. The normalized spacial score (nSPS) is 11.5. The monoisotopic (exact) mass is 223 g/mol. The second-order valence-electron chi connectivity index (χ2n) is 4.93. The van der Waals surface area contributed by atoms with Crippen LogP contribution in [0.2, 0.25) is 0 Å². The summed E-state index contributed by atoms with van der Waals surface area (Å²) in [5, 5.41) is 0. The lowest BCUT2D eigenvalue weighted by atomic mass is 9.73. The first-order valence-electron chi connectivity index (χ1n) is 6.55. The van der Waals surface area contributed by atoms with Crippen molar-refractivity contribution in [2.45, 2.75) is 59.3 Å². The van der Waals surface area contributed by atoms with Gasteiger partial charge in [-0.05, 0) is 44.4 Å². The average molecular weight is 223 g/mol. The van der Waals surface area contributed by atoms with Crippen LogP contribution in [0.15, 0.2) is 24.3 Å². The molecule has 0 aromatic rings. The molecular weight excluding hydrogens is 194 g/mol. The molecule has 0 amide bonds. The Morgan fingerprint density at radius 2 is 1.69 bits per heavy atom. The van der Waals surface area contributed by atoms with Crippen LogP contribution in [-0.4, -0.2) is 6.54 Å². The van der Waals surface area contributed by atoms with Crippen molar-refractivity contribution < 1.29 is 0 Å². The van der Waals surface area contributed by atoms with Crippen LogP contribution in [0.25, 0.3) is 0 Å². The van der Waals surface area contributed by atoms with E-state index < -0.39 is 0 Å². The largest absolute Gasteiger partial charge is 0.327 e. The third-order valence-corrected chi connectivity index (χ3v) is 3.98. The lowest BCUT2D eigenvalue weighted by molar-refractivity contribution is 0.290. The molecule has 0 aliphatic heterocycles. The van der Waals surface area contributed by atoms with Gasteiger partial charge in [-0.15, -0.1) is 0 Å². The zero-order chi connectivity index (χ0) is 12.6. The highest BCUT2D eigenvalue weighted by Gasteiger charge is 2.25. The number of unbranched alkanes of at least 4 members (excludes halogenated alkanes) is 1. The van der Waals surface area contributed by atoms with Gasteiger partial charge >= 0.3 is 0 Å². The first kappa shape index (κ1) is 15.4. The predicted molar refractivity (Wildman–Crippen MR) is 74.5 cm³/mol. The van der Waals surface area contributed by atoms with E-state index in [1.807, 2.05) is 0 Å². The minimum absolute atomic E-state index is 0.365. The highest BCUT2D eigenvalue weighted by Crippen LogP contribution is 2.39. The number of rotatable bonds is 9. The quantitative estimate of drug-likeness (QED) is 0.454. The Kier molecular flexibility index (Phi) is 7.40. The molecule has 0 unspecified atom stereocenters. The van der Waals surface area contributed by atoms with Crippen molar-refractivity contribution in [3.8, 4) is 0 Å². The third kappa shape index (κ3) is 4.52. The summed E-state index contributed by atoms with van der Waals surface area (Å²) in [5.74, 6) is 0. The molecule has 0 spiro atoms. The molecule has 2 N–H and O–H groups in total. The van der Waals surface area contributed by atoms with Gasteiger partial charge in [0.15, 0.2) is 0 Å². The van der Waals surface area contributed by atoms with E-state index in [9.17, 15) is 0 Å². The SMILES string of the molecule is C=C(CN)CCCCC(CC)(CC)C(=C)C. The Morgan fingerprint density at radius 1 is 1.12 bits per heavy atom. The lowest BCUT2D eigenvalue weighted by Gasteiger charge is -2.32. The molecule has 0 rings (SSSR count). The van der Waals surface area contributed by atoms with E-state index in [2.05, 4.69) is 33.9 Å². The molecule has 0 aromatic carbocycles. The summed E-state index contributed by atoms with van der Waals surface area (Å²) in [4.78, 5) is 0. The van der Waals surface area contributed by atoms with Crippen LogP contribution in [0.5, 0.6) is 0 Å². The summed E-state index contributed by atoms with van der Waals surface area (Å²) in [6.45, 7) is 15.5. The molecule has 0 aliphatic carbocycles. The molecule has 0 saturated carbocycles. The maximum absolute atomic E-state index is 5.53. The van der Waals surface area contributed by atoms with Gasteiger partial charge in [0.2, 0.25) is 0 Å². The molecule has 0 fully saturated rings. The fourth-order valence-electron chi connectivity index (χ4n) is 2.36. The van der Waals surface area contributed by atoms with Gasteiger partial charge in [0, 0.05) is 6.54 Å². The molecule has 16 heavy (non-hydrogen) atoms. The fraction of sp³-hybridized carbons (Fsp3) is 0.733. The zero-order valence-electron chi connectivity index (χ0n) is 11.4. The first-order chi connectivity index (χ1) is 7.52. The summed E-state index contributed by atoms with van der Waals surface area (Å²) < 4.78 is 0. The van der Waals surface area contributed by atoms with Gasteiger partial charge in [-0.2, -0.15) is 0 Å². The van der Waals surface area contributed by atoms with Crippen LogP contribution in [0.1, 0.15) is 59.3 Å². The summed E-state index contributed by atoms with van der Waals surface area (Å²) in [7, 11) is 0. The van der Waals surface area contributed by atoms with Crippen LogP contribution in [0.3, 0.4) is 0 Å². The van der Waals surface area contributed by atoms with E-state index >= 15 is 0 Å². The Hall–Kier alpha value is -0.560. The number of hydrogen-bond donors (Lipinski definition) is 1. The van der Waals surface area contributed by atoms with Crippen molar-refractivity contribution in [1.29, 1.82) is 0 Å². The summed E-state index contributed by atoms with van der Waals surface area (Å²) >= 11 is 0. The van der Waals surface area contributed by atoms with Gasteiger partial charge in [-0.3, -0.25) is 0 Å². The molecule has 0 bridgehead atoms. The van der Waals surface area contributed by atoms with Crippen molar-refractivity contribution in [2.24, 2.45) is 11.1 Å². The maximum atomic E-state index is 5.53. The van der Waals surface area contributed by atoms with Crippen LogP contribution in [-0.2, 0) is 0 Å². The lowest BCUT2D eigenvalue weighted by Crippen LogP contribution is -2.19. The van der Waals surface area contributed by atoms with E-state index in [1.165, 1.54) is 43.3 Å².